The zero-order valence-electron chi connectivity index (χ0n) is 18.6. The largest absolute Gasteiger partial charge is 0.496 e. The number of hydrogen-bond acceptors (Lipinski definition) is 8. The molecule has 3 rings (SSSR count). The van der Waals surface area contributed by atoms with Crippen molar-refractivity contribution in [3.63, 3.8) is 0 Å². The summed E-state index contributed by atoms with van der Waals surface area (Å²) in [5.41, 5.74) is 9.35. The minimum absolute atomic E-state index is 0.0198. The van der Waals surface area contributed by atoms with Crippen molar-refractivity contribution >= 4 is 23.4 Å². The van der Waals surface area contributed by atoms with Crippen LogP contribution in [0.15, 0.2) is 12.4 Å². The number of nitrogens with two attached hydrogens (primary N) is 1. The van der Waals surface area contributed by atoms with Gasteiger partial charge in [0.2, 0.25) is 11.9 Å². The van der Waals surface area contributed by atoms with Gasteiger partial charge in [-0.2, -0.15) is 4.98 Å². The molecule has 2 N–H and O–H groups in total. The first-order chi connectivity index (χ1) is 14.2. The second-order valence-electron chi connectivity index (χ2n) is 7.93. The quantitative estimate of drug-likeness (QED) is 0.733. The summed E-state index contributed by atoms with van der Waals surface area (Å²) in [6, 6.07) is -0.403. The van der Waals surface area contributed by atoms with Gasteiger partial charge in [-0.25, -0.2) is 4.98 Å². The highest BCUT2D eigenvalue weighted by atomic mass is 16.5. The molecule has 0 bridgehead atoms. The van der Waals surface area contributed by atoms with Gasteiger partial charge in [-0.1, -0.05) is 0 Å². The Bertz CT molecular complexity index is 932. The van der Waals surface area contributed by atoms with Gasteiger partial charge in [-0.05, 0) is 47.8 Å². The van der Waals surface area contributed by atoms with E-state index in [2.05, 4.69) is 19.9 Å². The lowest BCUT2D eigenvalue weighted by Gasteiger charge is -2.40. The number of carbonyl (C=O) groups is 1. The second kappa shape index (κ2) is 8.83. The molecule has 1 atom stereocenters. The predicted octanol–water partition coefficient (Wildman–Crippen LogP) is 1.77. The van der Waals surface area contributed by atoms with Crippen molar-refractivity contribution in [3.8, 4) is 5.75 Å². The van der Waals surface area contributed by atoms with Crippen molar-refractivity contribution in [1.82, 2.24) is 19.9 Å². The molecule has 9 heteroatoms. The summed E-state index contributed by atoms with van der Waals surface area (Å²) in [6.45, 7) is 7.75. The molecule has 0 fully saturated rings. The van der Waals surface area contributed by atoms with Gasteiger partial charge in [-0.3, -0.25) is 9.78 Å². The number of aromatic nitrogens is 3. The number of anilines is 3. The summed E-state index contributed by atoms with van der Waals surface area (Å²) < 4.78 is 5.54. The van der Waals surface area contributed by atoms with Crippen LogP contribution >= 0.6 is 0 Å². The molecule has 9 nitrogen and oxygen atoms in total. The maximum Gasteiger partial charge on any atom is 0.249 e. The molecule has 0 saturated carbocycles. The number of amides is 1. The van der Waals surface area contributed by atoms with Crippen molar-refractivity contribution < 1.29 is 9.53 Å². The van der Waals surface area contributed by atoms with Crippen molar-refractivity contribution in [2.45, 2.75) is 39.8 Å². The van der Waals surface area contributed by atoms with Crippen LogP contribution in [0.25, 0.3) is 0 Å². The maximum absolute atomic E-state index is 13.3. The van der Waals surface area contributed by atoms with Gasteiger partial charge < -0.3 is 25.2 Å². The molecule has 0 aromatic carbocycles. The normalized spacial score (nSPS) is 16.2. The number of pyridine rings is 1. The average molecular weight is 414 g/mol. The molecule has 162 valence electrons. The van der Waals surface area contributed by atoms with E-state index in [1.165, 1.54) is 0 Å². The minimum atomic E-state index is -0.403. The van der Waals surface area contributed by atoms with Crippen molar-refractivity contribution in [3.05, 3.63) is 29.2 Å². The molecule has 0 saturated heterocycles. The SMILES string of the molecule is COc1c(C)cnc(CN2c3nc(N)ncc3N(CCCN(C)C)C(=O)[C@H]2C)c1C. The van der Waals surface area contributed by atoms with Gasteiger partial charge in [0.15, 0.2) is 5.82 Å². The third-order valence-corrected chi connectivity index (χ3v) is 5.48. The number of nitrogens with zero attached hydrogens (tertiary/aromatic N) is 6. The van der Waals surface area contributed by atoms with E-state index < -0.39 is 6.04 Å². The molecule has 0 spiro atoms. The van der Waals surface area contributed by atoms with Crippen LogP contribution in [0.1, 0.15) is 30.2 Å². The van der Waals surface area contributed by atoms with Gasteiger partial charge >= 0.3 is 0 Å². The number of methoxy groups -OCH3 is 1. The first kappa shape index (κ1) is 21.8. The standard InChI is InChI=1S/C21H31N7O2/c1-13-10-23-16(14(2)18(13)30-6)12-28-15(3)20(29)27(9-7-8-26(4)5)17-11-24-21(22)25-19(17)28/h10-11,15H,7-9,12H2,1-6H3,(H2,22,24,25)/t15-/m1/s1. The highest BCUT2D eigenvalue weighted by Gasteiger charge is 2.37. The van der Waals surface area contributed by atoms with Crippen LogP contribution in [0.5, 0.6) is 5.75 Å². The Balaban J connectivity index is 1.97. The zero-order valence-corrected chi connectivity index (χ0v) is 18.6. The summed E-state index contributed by atoms with van der Waals surface area (Å²) in [5.74, 6) is 1.66. The Morgan fingerprint density at radius 2 is 1.97 bits per heavy atom. The van der Waals surface area contributed by atoms with Gasteiger partial charge in [0.1, 0.15) is 17.5 Å². The summed E-state index contributed by atoms with van der Waals surface area (Å²) in [5, 5.41) is 0. The van der Waals surface area contributed by atoms with Crippen LogP contribution in [-0.4, -0.2) is 66.1 Å². The number of rotatable bonds is 7. The average Bonchev–Trinajstić information content (AvgIpc) is 2.69. The third-order valence-electron chi connectivity index (χ3n) is 5.48. The van der Waals surface area contributed by atoms with Crippen LogP contribution < -0.4 is 20.3 Å². The molecule has 30 heavy (non-hydrogen) atoms. The number of fused-ring (bicyclic) bond motifs is 1. The van der Waals surface area contributed by atoms with Crippen molar-refractivity contribution in [1.29, 1.82) is 0 Å². The Kier molecular flexibility index (Phi) is 6.40. The molecule has 3 heterocycles. The fourth-order valence-corrected chi connectivity index (χ4v) is 3.82. The third kappa shape index (κ3) is 4.16. The van der Waals surface area contributed by atoms with E-state index in [1.807, 2.05) is 39.8 Å². The summed E-state index contributed by atoms with van der Waals surface area (Å²) >= 11 is 0. The summed E-state index contributed by atoms with van der Waals surface area (Å²) in [4.78, 5) is 32.3. The van der Waals surface area contributed by atoms with Crippen LogP contribution in [0.3, 0.4) is 0 Å². The topological polar surface area (TPSA) is 101 Å². The van der Waals surface area contributed by atoms with E-state index in [4.69, 9.17) is 10.5 Å². The highest BCUT2D eigenvalue weighted by Crippen LogP contribution is 2.36. The van der Waals surface area contributed by atoms with Crippen LogP contribution in [-0.2, 0) is 11.3 Å². The van der Waals surface area contributed by atoms with Crippen molar-refractivity contribution in [2.75, 3.05) is 49.8 Å². The number of hydrogen-bond donors (Lipinski definition) is 1. The van der Waals surface area contributed by atoms with E-state index in [0.717, 1.165) is 35.5 Å². The monoisotopic (exact) mass is 413 g/mol. The highest BCUT2D eigenvalue weighted by molar-refractivity contribution is 6.04. The van der Waals surface area contributed by atoms with Crippen molar-refractivity contribution in [2.24, 2.45) is 0 Å². The lowest BCUT2D eigenvalue weighted by atomic mass is 10.1. The maximum atomic E-state index is 13.3. The molecule has 0 aliphatic carbocycles. The number of nitrogen functional groups attached to an aromatic ring is 1. The van der Waals surface area contributed by atoms with Gasteiger partial charge in [0, 0.05) is 23.9 Å². The van der Waals surface area contributed by atoms with Gasteiger partial charge in [0.05, 0.1) is 25.5 Å². The zero-order chi connectivity index (χ0) is 22.0. The molecule has 0 unspecified atom stereocenters. The van der Waals surface area contributed by atoms with E-state index in [1.54, 1.807) is 24.4 Å². The van der Waals surface area contributed by atoms with Gasteiger partial charge in [0.25, 0.3) is 0 Å². The Morgan fingerprint density at radius 3 is 2.63 bits per heavy atom. The fourth-order valence-electron chi connectivity index (χ4n) is 3.82. The number of carbonyl (C=O) groups excluding carboxylic acids is 1. The van der Waals surface area contributed by atoms with Gasteiger partial charge in [-0.15, -0.1) is 0 Å². The minimum Gasteiger partial charge on any atom is -0.496 e. The first-order valence-electron chi connectivity index (χ1n) is 10.1. The Morgan fingerprint density at radius 1 is 1.23 bits per heavy atom. The molecular weight excluding hydrogens is 382 g/mol. The lowest BCUT2D eigenvalue weighted by Crippen LogP contribution is -2.53. The van der Waals surface area contributed by atoms with E-state index in [-0.39, 0.29) is 11.9 Å². The van der Waals surface area contributed by atoms with Crippen LogP contribution in [0, 0.1) is 13.8 Å². The fraction of sp³-hybridized carbons (Fsp3) is 0.524. The van der Waals surface area contributed by atoms with Crippen LogP contribution in [0.4, 0.5) is 17.5 Å². The smallest absolute Gasteiger partial charge is 0.249 e. The Labute approximate surface area is 177 Å². The molecule has 2 aromatic rings. The molecule has 2 aromatic heterocycles. The molecule has 1 aliphatic heterocycles. The second-order valence-corrected chi connectivity index (χ2v) is 7.93. The number of aryl methyl sites for hydroxylation is 1. The summed E-state index contributed by atoms with van der Waals surface area (Å²) in [6.07, 6.45) is 4.28. The van der Waals surface area contributed by atoms with E-state index in [9.17, 15) is 4.79 Å². The molecule has 0 radical (unpaired) electrons. The molecule has 1 aliphatic rings. The first-order valence-corrected chi connectivity index (χ1v) is 10.1. The Hall–Kier alpha value is -2.94. The van der Waals surface area contributed by atoms with E-state index >= 15 is 0 Å². The predicted molar refractivity (Wildman–Crippen MR) is 118 cm³/mol. The summed E-state index contributed by atoms with van der Waals surface area (Å²) in [7, 11) is 5.69. The molecule has 1 amide bonds. The lowest BCUT2D eigenvalue weighted by molar-refractivity contribution is -0.120. The number of ether oxygens (including phenoxy) is 1. The van der Waals surface area contributed by atoms with E-state index in [0.29, 0.717) is 24.6 Å². The molecular formula is C21H31N7O2. The van der Waals surface area contributed by atoms with Crippen LogP contribution in [0.2, 0.25) is 0 Å².